The number of ether oxygens (including phenoxy) is 3. The molecule has 3 aromatic rings. The molecule has 2 N–H and O–H groups in total. The summed E-state index contributed by atoms with van der Waals surface area (Å²) < 4.78 is 16.3. The number of aromatic hydroxyl groups is 1. The molecule has 35 heavy (non-hydrogen) atoms. The van der Waals surface area contributed by atoms with Crippen molar-refractivity contribution < 1.29 is 34.0 Å². The SMILES string of the molecule is COc1cc(C2/C(=C(\O)c3ccc(Cl)cc3)C(=O)C(=O)N2c2ccccc2O)cc(OC)c1OC. The molecule has 0 bridgehead atoms. The molecule has 1 atom stereocenters. The number of halogens is 1. The number of benzene rings is 3. The van der Waals surface area contributed by atoms with Gasteiger partial charge in [-0.25, -0.2) is 0 Å². The molecule has 8 nitrogen and oxygen atoms in total. The zero-order chi connectivity index (χ0) is 25.3. The van der Waals surface area contributed by atoms with Crippen LogP contribution in [0.3, 0.4) is 0 Å². The summed E-state index contributed by atoms with van der Waals surface area (Å²) in [7, 11) is 4.33. The van der Waals surface area contributed by atoms with Crippen LogP contribution in [0.4, 0.5) is 5.69 Å². The fourth-order valence-corrected chi connectivity index (χ4v) is 4.21. The number of phenols is 1. The Bertz CT molecular complexity index is 1310. The summed E-state index contributed by atoms with van der Waals surface area (Å²) in [5.74, 6) is -1.54. The van der Waals surface area contributed by atoms with Gasteiger partial charge >= 0.3 is 0 Å². The zero-order valence-electron chi connectivity index (χ0n) is 19.1. The number of hydrogen-bond donors (Lipinski definition) is 2. The van der Waals surface area contributed by atoms with E-state index < -0.39 is 23.5 Å². The summed E-state index contributed by atoms with van der Waals surface area (Å²) in [6, 6.07) is 14.4. The molecule has 1 heterocycles. The van der Waals surface area contributed by atoms with E-state index in [1.807, 2.05) is 0 Å². The number of methoxy groups -OCH3 is 3. The summed E-state index contributed by atoms with van der Waals surface area (Å²) in [6.45, 7) is 0. The Kier molecular flexibility index (Phi) is 6.57. The lowest BCUT2D eigenvalue weighted by atomic mass is 9.94. The fourth-order valence-electron chi connectivity index (χ4n) is 4.09. The van der Waals surface area contributed by atoms with E-state index in [-0.39, 0.29) is 28.5 Å². The molecule has 4 rings (SSSR count). The van der Waals surface area contributed by atoms with Gasteiger partial charge in [0.15, 0.2) is 11.5 Å². The Balaban J connectivity index is 2.03. The first kappa shape index (κ1) is 24.0. The largest absolute Gasteiger partial charge is 0.507 e. The van der Waals surface area contributed by atoms with Gasteiger partial charge in [-0.2, -0.15) is 0 Å². The number of aliphatic hydroxyl groups excluding tert-OH is 1. The Morgan fingerprint density at radius 3 is 2.06 bits per heavy atom. The minimum atomic E-state index is -1.12. The number of carbonyl (C=O) groups excluding carboxylic acids is 2. The van der Waals surface area contributed by atoms with Gasteiger partial charge < -0.3 is 24.4 Å². The van der Waals surface area contributed by atoms with Gasteiger partial charge in [-0.1, -0.05) is 23.7 Å². The van der Waals surface area contributed by atoms with Crippen molar-refractivity contribution in [1.29, 1.82) is 0 Å². The third kappa shape index (κ3) is 4.13. The molecule has 0 aliphatic carbocycles. The summed E-state index contributed by atoms with van der Waals surface area (Å²) in [5.41, 5.74) is 0.609. The number of hydrogen-bond acceptors (Lipinski definition) is 7. The first-order valence-electron chi connectivity index (χ1n) is 10.5. The molecule has 3 aromatic carbocycles. The lowest BCUT2D eigenvalue weighted by Gasteiger charge is -2.27. The van der Waals surface area contributed by atoms with Crippen molar-refractivity contribution >= 4 is 34.7 Å². The molecular weight excluding hydrogens is 474 g/mol. The molecule has 0 radical (unpaired) electrons. The minimum Gasteiger partial charge on any atom is -0.507 e. The van der Waals surface area contributed by atoms with Crippen LogP contribution in [0.25, 0.3) is 5.76 Å². The van der Waals surface area contributed by atoms with E-state index >= 15 is 0 Å². The Hall–Kier alpha value is -4.17. The normalized spacial score (nSPS) is 16.9. The van der Waals surface area contributed by atoms with Gasteiger partial charge in [0.05, 0.1) is 38.6 Å². The lowest BCUT2D eigenvalue weighted by Crippen LogP contribution is -2.29. The number of anilines is 1. The van der Waals surface area contributed by atoms with E-state index in [1.165, 1.54) is 45.6 Å². The maximum absolute atomic E-state index is 13.3. The molecule has 180 valence electrons. The molecule has 0 aromatic heterocycles. The van der Waals surface area contributed by atoms with E-state index in [0.717, 1.165) is 4.90 Å². The maximum atomic E-state index is 13.3. The zero-order valence-corrected chi connectivity index (χ0v) is 19.9. The van der Waals surface area contributed by atoms with Gasteiger partial charge in [-0.3, -0.25) is 14.5 Å². The standard InChI is InChI=1S/C26H22ClNO7/c1-33-19-12-15(13-20(34-2)25(19)35-3)22-21(23(30)14-8-10-16(27)11-9-14)24(31)26(32)28(22)17-6-4-5-7-18(17)29/h4-13,22,29-30H,1-3H3/b23-21+. The number of para-hydroxylation sites is 2. The van der Waals surface area contributed by atoms with Crippen molar-refractivity contribution in [1.82, 2.24) is 0 Å². The number of ketones is 1. The molecule has 1 aliphatic heterocycles. The average Bonchev–Trinajstić information content (AvgIpc) is 3.13. The summed E-state index contributed by atoms with van der Waals surface area (Å²) in [4.78, 5) is 27.7. The molecule has 9 heteroatoms. The van der Waals surface area contributed by atoms with Crippen LogP contribution < -0.4 is 19.1 Å². The monoisotopic (exact) mass is 495 g/mol. The molecule has 1 fully saturated rings. The molecule has 1 saturated heterocycles. The van der Waals surface area contributed by atoms with Crippen LogP contribution in [0.15, 0.2) is 66.2 Å². The van der Waals surface area contributed by atoms with Crippen LogP contribution in [-0.2, 0) is 9.59 Å². The summed E-state index contributed by atoms with van der Waals surface area (Å²) in [5, 5.41) is 22.2. The Labute approximate surface area is 206 Å². The molecule has 1 aliphatic rings. The highest BCUT2D eigenvalue weighted by atomic mass is 35.5. The predicted octanol–water partition coefficient (Wildman–Crippen LogP) is 4.70. The highest BCUT2D eigenvalue weighted by Gasteiger charge is 2.48. The van der Waals surface area contributed by atoms with Crippen molar-refractivity contribution in [3.05, 3.63) is 82.4 Å². The van der Waals surface area contributed by atoms with Crippen LogP contribution in [-0.4, -0.2) is 43.2 Å². The average molecular weight is 496 g/mol. The van der Waals surface area contributed by atoms with Gasteiger partial charge in [0.1, 0.15) is 11.5 Å². The fraction of sp³-hybridized carbons (Fsp3) is 0.154. The van der Waals surface area contributed by atoms with E-state index in [0.29, 0.717) is 21.9 Å². The minimum absolute atomic E-state index is 0.100. The molecule has 0 spiro atoms. The van der Waals surface area contributed by atoms with Crippen LogP contribution in [0.2, 0.25) is 5.02 Å². The van der Waals surface area contributed by atoms with Crippen molar-refractivity contribution in [2.45, 2.75) is 6.04 Å². The molecule has 1 amide bonds. The van der Waals surface area contributed by atoms with Crippen molar-refractivity contribution in [2.75, 3.05) is 26.2 Å². The molecule has 1 unspecified atom stereocenters. The first-order chi connectivity index (χ1) is 16.8. The van der Waals surface area contributed by atoms with Crippen molar-refractivity contribution in [2.24, 2.45) is 0 Å². The van der Waals surface area contributed by atoms with Crippen molar-refractivity contribution in [3.63, 3.8) is 0 Å². The van der Waals surface area contributed by atoms with Gasteiger partial charge in [-0.15, -0.1) is 0 Å². The number of aliphatic hydroxyl groups is 1. The summed E-state index contributed by atoms with van der Waals surface area (Å²) >= 11 is 5.97. The van der Waals surface area contributed by atoms with Gasteiger partial charge in [0, 0.05) is 10.6 Å². The first-order valence-corrected chi connectivity index (χ1v) is 10.8. The van der Waals surface area contributed by atoms with Gasteiger partial charge in [0.2, 0.25) is 5.75 Å². The van der Waals surface area contributed by atoms with Crippen LogP contribution in [0.5, 0.6) is 23.0 Å². The van der Waals surface area contributed by atoms with Gasteiger partial charge in [0.25, 0.3) is 11.7 Å². The lowest BCUT2D eigenvalue weighted by molar-refractivity contribution is -0.132. The van der Waals surface area contributed by atoms with Crippen LogP contribution in [0, 0.1) is 0 Å². The maximum Gasteiger partial charge on any atom is 0.300 e. The highest BCUT2D eigenvalue weighted by Crippen LogP contribution is 2.48. The Morgan fingerprint density at radius 2 is 1.51 bits per heavy atom. The number of Topliss-reactive ketones (excluding diaryl/α,β-unsaturated/α-hetero) is 1. The molecule has 0 saturated carbocycles. The third-order valence-corrected chi connectivity index (χ3v) is 5.96. The third-order valence-electron chi connectivity index (χ3n) is 5.71. The van der Waals surface area contributed by atoms with Crippen LogP contribution in [0.1, 0.15) is 17.2 Å². The van der Waals surface area contributed by atoms with Crippen LogP contribution >= 0.6 is 11.6 Å². The van der Waals surface area contributed by atoms with Crippen molar-refractivity contribution in [3.8, 4) is 23.0 Å². The van der Waals surface area contributed by atoms with E-state index in [1.54, 1.807) is 36.4 Å². The highest BCUT2D eigenvalue weighted by molar-refractivity contribution is 6.52. The van der Waals surface area contributed by atoms with E-state index in [4.69, 9.17) is 25.8 Å². The summed E-state index contributed by atoms with van der Waals surface area (Å²) in [6.07, 6.45) is 0. The predicted molar refractivity (Wildman–Crippen MR) is 130 cm³/mol. The second kappa shape index (κ2) is 9.60. The van der Waals surface area contributed by atoms with E-state index in [9.17, 15) is 19.8 Å². The Morgan fingerprint density at radius 1 is 0.914 bits per heavy atom. The number of rotatable bonds is 6. The van der Waals surface area contributed by atoms with Gasteiger partial charge in [-0.05, 0) is 54.1 Å². The topological polar surface area (TPSA) is 106 Å². The van der Waals surface area contributed by atoms with E-state index in [2.05, 4.69) is 0 Å². The number of amides is 1. The number of nitrogens with zero attached hydrogens (tertiary/aromatic N) is 1. The second-order valence-electron chi connectivity index (χ2n) is 7.62. The number of phenolic OH excluding ortho intramolecular Hbond substituents is 1. The smallest absolute Gasteiger partial charge is 0.300 e. The number of carbonyl (C=O) groups is 2. The molecular formula is C26H22ClNO7. The quantitative estimate of drug-likeness (QED) is 0.290. The second-order valence-corrected chi connectivity index (χ2v) is 8.06.